The van der Waals surface area contributed by atoms with Crippen molar-refractivity contribution in [1.82, 2.24) is 4.98 Å². The molecule has 3 aromatic rings. The van der Waals surface area contributed by atoms with E-state index in [-0.39, 0.29) is 24.2 Å². The number of aromatic nitrogens is 1. The standard InChI is InChI=1S/C22H23NO3/c1-22(2,3)17-10-8-15(9-11-17)20(24)14-26-21(25)12-16-13-23-19-7-5-4-6-18(16)19/h4-11,13,23H,12,14H2,1-3H3. The highest BCUT2D eigenvalue weighted by Crippen LogP contribution is 2.22. The third-order valence-electron chi connectivity index (χ3n) is 4.45. The van der Waals surface area contributed by atoms with Gasteiger partial charge in [0.05, 0.1) is 6.42 Å². The van der Waals surface area contributed by atoms with Gasteiger partial charge in [-0.1, -0.05) is 63.2 Å². The summed E-state index contributed by atoms with van der Waals surface area (Å²) >= 11 is 0. The normalized spacial score (nSPS) is 11.5. The second kappa shape index (κ2) is 7.16. The SMILES string of the molecule is CC(C)(C)c1ccc(C(=O)COC(=O)Cc2c[nH]c3ccccc23)cc1. The lowest BCUT2D eigenvalue weighted by molar-refractivity contribution is -0.141. The topological polar surface area (TPSA) is 59.2 Å². The molecular formula is C22H23NO3. The first-order valence-corrected chi connectivity index (χ1v) is 8.69. The Kier molecular flexibility index (Phi) is 4.94. The monoisotopic (exact) mass is 349 g/mol. The van der Waals surface area contributed by atoms with Gasteiger partial charge in [-0.15, -0.1) is 0 Å². The Labute approximate surface area is 153 Å². The van der Waals surface area contributed by atoms with Crippen molar-refractivity contribution in [1.29, 1.82) is 0 Å². The van der Waals surface area contributed by atoms with Crippen LogP contribution in [0, 0.1) is 0 Å². The van der Waals surface area contributed by atoms with E-state index >= 15 is 0 Å². The quantitative estimate of drug-likeness (QED) is 0.547. The molecule has 134 valence electrons. The summed E-state index contributed by atoms with van der Waals surface area (Å²) in [5, 5.41) is 0.994. The van der Waals surface area contributed by atoms with Crippen LogP contribution < -0.4 is 0 Å². The van der Waals surface area contributed by atoms with Gasteiger partial charge in [-0.05, 0) is 22.6 Å². The van der Waals surface area contributed by atoms with Gasteiger partial charge in [0.1, 0.15) is 0 Å². The molecule has 1 aromatic heterocycles. The van der Waals surface area contributed by atoms with Crippen molar-refractivity contribution in [2.45, 2.75) is 32.6 Å². The van der Waals surface area contributed by atoms with Crippen LogP contribution in [-0.4, -0.2) is 23.3 Å². The average molecular weight is 349 g/mol. The van der Waals surface area contributed by atoms with Crippen LogP contribution in [-0.2, 0) is 21.4 Å². The maximum Gasteiger partial charge on any atom is 0.310 e. The Morgan fingerprint density at radius 2 is 1.69 bits per heavy atom. The first-order valence-electron chi connectivity index (χ1n) is 8.69. The molecule has 0 saturated carbocycles. The number of esters is 1. The van der Waals surface area contributed by atoms with Gasteiger partial charge in [-0.3, -0.25) is 9.59 Å². The van der Waals surface area contributed by atoms with E-state index in [9.17, 15) is 9.59 Å². The predicted molar refractivity (Wildman–Crippen MR) is 102 cm³/mol. The van der Waals surface area contributed by atoms with E-state index in [4.69, 9.17) is 4.74 Å². The summed E-state index contributed by atoms with van der Waals surface area (Å²) in [6, 6.07) is 15.2. The van der Waals surface area contributed by atoms with Crippen LogP contribution in [0.1, 0.15) is 42.3 Å². The minimum absolute atomic E-state index is 0.0351. The van der Waals surface area contributed by atoms with Crippen molar-refractivity contribution in [3.05, 3.63) is 71.4 Å². The zero-order valence-corrected chi connectivity index (χ0v) is 15.3. The van der Waals surface area contributed by atoms with Gasteiger partial charge in [0.15, 0.2) is 12.4 Å². The molecule has 0 unspecified atom stereocenters. The number of fused-ring (bicyclic) bond motifs is 1. The van der Waals surface area contributed by atoms with Crippen molar-refractivity contribution < 1.29 is 14.3 Å². The van der Waals surface area contributed by atoms with Gasteiger partial charge in [0, 0.05) is 22.7 Å². The lowest BCUT2D eigenvalue weighted by Gasteiger charge is -2.18. The van der Waals surface area contributed by atoms with Gasteiger partial charge in [-0.25, -0.2) is 0 Å². The summed E-state index contributed by atoms with van der Waals surface area (Å²) in [6.45, 7) is 6.12. The maximum absolute atomic E-state index is 12.2. The summed E-state index contributed by atoms with van der Waals surface area (Å²) in [4.78, 5) is 27.5. The largest absolute Gasteiger partial charge is 0.457 e. The van der Waals surface area contributed by atoms with E-state index in [2.05, 4.69) is 25.8 Å². The van der Waals surface area contributed by atoms with Crippen LogP contribution in [0.2, 0.25) is 0 Å². The van der Waals surface area contributed by atoms with Gasteiger partial charge in [0.25, 0.3) is 0 Å². The smallest absolute Gasteiger partial charge is 0.310 e. The van der Waals surface area contributed by atoms with E-state index < -0.39 is 5.97 Å². The van der Waals surface area contributed by atoms with Crippen LogP contribution in [0.25, 0.3) is 10.9 Å². The van der Waals surface area contributed by atoms with E-state index in [1.54, 1.807) is 18.3 Å². The van der Waals surface area contributed by atoms with Gasteiger partial charge >= 0.3 is 5.97 Å². The van der Waals surface area contributed by atoms with Gasteiger partial charge < -0.3 is 9.72 Å². The third-order valence-corrected chi connectivity index (χ3v) is 4.45. The number of rotatable bonds is 5. The Hall–Kier alpha value is -2.88. The van der Waals surface area contributed by atoms with E-state index in [1.165, 1.54) is 0 Å². The number of benzene rings is 2. The van der Waals surface area contributed by atoms with Crippen LogP contribution in [0.5, 0.6) is 0 Å². The summed E-state index contributed by atoms with van der Waals surface area (Å²) in [6.07, 6.45) is 1.94. The number of carbonyl (C=O) groups is 2. The van der Waals surface area contributed by atoms with Crippen LogP contribution >= 0.6 is 0 Å². The fraction of sp³-hybridized carbons (Fsp3) is 0.273. The maximum atomic E-state index is 12.2. The molecule has 0 aliphatic rings. The average Bonchev–Trinajstić information content (AvgIpc) is 3.02. The molecule has 0 bridgehead atoms. The van der Waals surface area contributed by atoms with Crippen molar-refractivity contribution in [3.63, 3.8) is 0 Å². The lowest BCUT2D eigenvalue weighted by atomic mass is 9.86. The first kappa shape index (κ1) is 17.9. The molecular weight excluding hydrogens is 326 g/mol. The highest BCUT2D eigenvalue weighted by atomic mass is 16.5. The van der Waals surface area contributed by atoms with Crippen LogP contribution in [0.4, 0.5) is 0 Å². The molecule has 1 heterocycles. The highest BCUT2D eigenvalue weighted by Gasteiger charge is 2.16. The van der Waals surface area contributed by atoms with Gasteiger partial charge in [0.2, 0.25) is 0 Å². The molecule has 2 aromatic carbocycles. The number of aromatic amines is 1. The highest BCUT2D eigenvalue weighted by molar-refractivity contribution is 5.98. The summed E-state index contributed by atoms with van der Waals surface area (Å²) in [5.41, 5.74) is 3.59. The minimum atomic E-state index is -0.408. The zero-order chi connectivity index (χ0) is 18.7. The molecule has 4 nitrogen and oxygen atoms in total. The van der Waals surface area contributed by atoms with Crippen molar-refractivity contribution in [3.8, 4) is 0 Å². The molecule has 0 aliphatic carbocycles. The second-order valence-corrected chi connectivity index (χ2v) is 7.45. The molecule has 0 aliphatic heterocycles. The molecule has 0 atom stereocenters. The lowest BCUT2D eigenvalue weighted by Crippen LogP contribution is -2.16. The van der Waals surface area contributed by atoms with Gasteiger partial charge in [-0.2, -0.15) is 0 Å². The summed E-state index contributed by atoms with van der Waals surface area (Å²) in [7, 11) is 0. The summed E-state index contributed by atoms with van der Waals surface area (Å²) < 4.78 is 5.18. The number of ether oxygens (including phenoxy) is 1. The number of Topliss-reactive ketones (excluding diaryl/α,β-unsaturated/α-hetero) is 1. The third kappa shape index (κ3) is 4.02. The van der Waals surface area contributed by atoms with Crippen molar-refractivity contribution >= 4 is 22.7 Å². The first-order chi connectivity index (χ1) is 12.3. The molecule has 26 heavy (non-hydrogen) atoms. The summed E-state index contributed by atoms with van der Waals surface area (Å²) in [5.74, 6) is -0.604. The fourth-order valence-corrected chi connectivity index (χ4v) is 2.87. The predicted octanol–water partition coefficient (Wildman–Crippen LogP) is 4.43. The Bertz CT molecular complexity index is 930. The van der Waals surface area contributed by atoms with Crippen LogP contribution in [0.3, 0.4) is 0 Å². The number of carbonyl (C=O) groups excluding carboxylic acids is 2. The molecule has 4 heteroatoms. The number of nitrogens with one attached hydrogen (secondary N) is 1. The van der Waals surface area contributed by atoms with Crippen LogP contribution in [0.15, 0.2) is 54.7 Å². The number of hydrogen-bond donors (Lipinski definition) is 1. The Balaban J connectivity index is 1.58. The molecule has 0 radical (unpaired) electrons. The van der Waals surface area contributed by atoms with E-state index in [0.29, 0.717) is 5.56 Å². The molecule has 0 spiro atoms. The fourth-order valence-electron chi connectivity index (χ4n) is 2.87. The zero-order valence-electron chi connectivity index (χ0n) is 15.3. The molecule has 1 N–H and O–H groups in total. The van der Waals surface area contributed by atoms with Crippen molar-refractivity contribution in [2.24, 2.45) is 0 Å². The Morgan fingerprint density at radius 3 is 2.38 bits per heavy atom. The van der Waals surface area contributed by atoms with Crippen molar-refractivity contribution in [2.75, 3.05) is 6.61 Å². The molecule has 0 amide bonds. The second-order valence-electron chi connectivity index (χ2n) is 7.45. The number of ketones is 1. The number of H-pyrrole nitrogens is 1. The minimum Gasteiger partial charge on any atom is -0.457 e. The van der Waals surface area contributed by atoms with E-state index in [1.807, 2.05) is 36.4 Å². The number of para-hydroxylation sites is 1. The number of hydrogen-bond acceptors (Lipinski definition) is 3. The Morgan fingerprint density at radius 1 is 1.00 bits per heavy atom. The molecule has 0 fully saturated rings. The van der Waals surface area contributed by atoms with E-state index in [0.717, 1.165) is 22.0 Å². The molecule has 3 rings (SSSR count). The molecule has 0 saturated heterocycles.